The molecule has 4 rings (SSSR count). The van der Waals surface area contributed by atoms with E-state index in [4.69, 9.17) is 21.1 Å². The van der Waals surface area contributed by atoms with E-state index in [0.717, 1.165) is 16.7 Å². The fourth-order valence-corrected chi connectivity index (χ4v) is 3.65. The normalized spacial score (nSPS) is 10.7. The summed E-state index contributed by atoms with van der Waals surface area (Å²) in [6.45, 7) is 4.32. The van der Waals surface area contributed by atoms with Gasteiger partial charge in [0.1, 0.15) is 5.75 Å². The number of anilines is 1. The second-order valence-corrected chi connectivity index (χ2v) is 8.29. The van der Waals surface area contributed by atoms with E-state index < -0.39 is 5.97 Å². The average Bonchev–Trinajstić information content (AvgIpc) is 3.50. The quantitative estimate of drug-likeness (QED) is 0.363. The first-order valence-corrected chi connectivity index (χ1v) is 11.1. The van der Waals surface area contributed by atoms with Gasteiger partial charge in [-0.2, -0.15) is 10.2 Å². The highest BCUT2D eigenvalue weighted by Gasteiger charge is 2.14. The Morgan fingerprint density at radius 2 is 1.83 bits per heavy atom. The van der Waals surface area contributed by atoms with E-state index in [1.165, 1.54) is 18.0 Å². The van der Waals surface area contributed by atoms with Gasteiger partial charge in [-0.05, 0) is 54.8 Å². The summed E-state index contributed by atoms with van der Waals surface area (Å²) >= 11 is 6.20. The van der Waals surface area contributed by atoms with Gasteiger partial charge in [0.15, 0.2) is 12.4 Å². The Kier molecular flexibility index (Phi) is 7.17. The first-order valence-electron chi connectivity index (χ1n) is 10.8. The van der Waals surface area contributed by atoms with Crippen molar-refractivity contribution in [1.82, 2.24) is 19.6 Å². The molecule has 0 aliphatic carbocycles. The van der Waals surface area contributed by atoms with Gasteiger partial charge in [0.05, 0.1) is 31.1 Å². The molecule has 4 aromatic rings. The number of nitrogens with one attached hydrogen (secondary N) is 1. The minimum atomic E-state index is -0.415. The highest BCUT2D eigenvalue weighted by molar-refractivity contribution is 6.32. The topological polar surface area (TPSA) is 100 Å². The van der Waals surface area contributed by atoms with E-state index in [2.05, 4.69) is 15.5 Å². The van der Waals surface area contributed by atoms with Crippen molar-refractivity contribution >= 4 is 29.2 Å². The number of methoxy groups -OCH3 is 1. The van der Waals surface area contributed by atoms with Crippen molar-refractivity contribution in [3.8, 4) is 5.75 Å². The molecule has 1 amide bonds. The number of halogens is 1. The highest BCUT2D eigenvalue weighted by atomic mass is 35.5. The molecule has 0 aliphatic heterocycles. The molecule has 9 nitrogen and oxygen atoms in total. The van der Waals surface area contributed by atoms with Gasteiger partial charge in [0, 0.05) is 17.4 Å². The van der Waals surface area contributed by atoms with Gasteiger partial charge in [0.2, 0.25) is 0 Å². The highest BCUT2D eigenvalue weighted by Crippen LogP contribution is 2.26. The molecular weight excluding hydrogens is 470 g/mol. The summed E-state index contributed by atoms with van der Waals surface area (Å²) in [5, 5.41) is 12.0. The lowest BCUT2D eigenvalue weighted by molar-refractivity contribution is 0.0599. The molecule has 0 unspecified atom stereocenters. The maximum Gasteiger partial charge on any atom is 0.338 e. The molecule has 2 aromatic carbocycles. The molecule has 1 N–H and O–H groups in total. The van der Waals surface area contributed by atoms with Crippen LogP contribution in [-0.2, 0) is 18.0 Å². The zero-order valence-electron chi connectivity index (χ0n) is 19.5. The van der Waals surface area contributed by atoms with E-state index in [0.29, 0.717) is 28.6 Å². The Bertz CT molecular complexity index is 1350. The third kappa shape index (κ3) is 5.70. The van der Waals surface area contributed by atoms with Crippen LogP contribution >= 0.6 is 11.6 Å². The smallest absolute Gasteiger partial charge is 0.338 e. The predicted molar refractivity (Wildman–Crippen MR) is 131 cm³/mol. The van der Waals surface area contributed by atoms with Crippen molar-refractivity contribution in [3.63, 3.8) is 0 Å². The second-order valence-electron chi connectivity index (χ2n) is 7.91. The summed E-state index contributed by atoms with van der Waals surface area (Å²) in [6.07, 6.45) is 4.87. The van der Waals surface area contributed by atoms with Crippen LogP contribution in [0.1, 0.15) is 37.5 Å². The van der Waals surface area contributed by atoms with Crippen molar-refractivity contribution < 1.29 is 19.1 Å². The predicted octanol–water partition coefficient (Wildman–Crippen LogP) is 4.47. The molecule has 0 saturated heterocycles. The van der Waals surface area contributed by atoms with E-state index in [1.807, 2.05) is 38.1 Å². The number of aromatic nitrogens is 4. The molecule has 0 spiro atoms. The summed E-state index contributed by atoms with van der Waals surface area (Å²) in [5.41, 5.74) is 3.82. The molecule has 10 heteroatoms. The van der Waals surface area contributed by atoms with Crippen LogP contribution in [0.15, 0.2) is 61.1 Å². The lowest BCUT2D eigenvalue weighted by Crippen LogP contribution is -2.14. The fourth-order valence-electron chi connectivity index (χ4n) is 3.54. The van der Waals surface area contributed by atoms with Crippen molar-refractivity contribution in [2.75, 3.05) is 12.4 Å². The van der Waals surface area contributed by atoms with Gasteiger partial charge in [0.25, 0.3) is 5.91 Å². The number of benzene rings is 2. The van der Waals surface area contributed by atoms with Crippen LogP contribution in [0.3, 0.4) is 0 Å². The molecule has 2 aromatic heterocycles. The minimum Gasteiger partial charge on any atom is -0.471 e. The van der Waals surface area contributed by atoms with Crippen LogP contribution < -0.4 is 10.1 Å². The average molecular weight is 494 g/mol. The number of aryl methyl sites for hydroxylation is 2. The van der Waals surface area contributed by atoms with Crippen molar-refractivity contribution in [2.45, 2.75) is 27.1 Å². The molecule has 0 bridgehead atoms. The van der Waals surface area contributed by atoms with E-state index in [9.17, 15) is 9.59 Å². The van der Waals surface area contributed by atoms with Gasteiger partial charge in [-0.1, -0.05) is 29.8 Å². The largest absolute Gasteiger partial charge is 0.471 e. The number of amides is 1. The lowest BCUT2D eigenvalue weighted by atomic mass is 10.1. The number of esters is 1. The van der Waals surface area contributed by atoms with Gasteiger partial charge in [-0.15, -0.1) is 0 Å². The first-order chi connectivity index (χ1) is 16.8. The maximum absolute atomic E-state index is 12.6. The molecule has 0 saturated carbocycles. The molecule has 0 fully saturated rings. The monoisotopic (exact) mass is 493 g/mol. The molecule has 0 aliphatic rings. The van der Waals surface area contributed by atoms with Gasteiger partial charge < -0.3 is 14.8 Å². The molecule has 180 valence electrons. The number of carbonyl (C=O) groups excluding carboxylic acids is 2. The number of carbonyl (C=O) groups is 2. The number of ether oxygens (including phenoxy) is 2. The third-order valence-electron chi connectivity index (χ3n) is 5.29. The van der Waals surface area contributed by atoms with Crippen LogP contribution in [0.4, 0.5) is 5.69 Å². The van der Waals surface area contributed by atoms with E-state index in [1.54, 1.807) is 35.3 Å². The van der Waals surface area contributed by atoms with Crippen molar-refractivity contribution in [1.29, 1.82) is 0 Å². The lowest BCUT2D eigenvalue weighted by Gasteiger charge is -2.10. The zero-order chi connectivity index (χ0) is 24.9. The standard InChI is InChI=1S/C25H24ClN5O4/c1-16-10-20(11-17(2)23(16)26)35-15-30-9-8-22(29-30)24(32)28-19-12-27-31(14-19)13-18-6-4-5-7-21(18)25(33)34-3/h4-12,14H,13,15H2,1-3H3,(H,28,32). The van der Waals surface area contributed by atoms with E-state index >= 15 is 0 Å². The third-order valence-corrected chi connectivity index (χ3v) is 5.89. The Hall–Kier alpha value is -4.11. The number of hydrogen-bond donors (Lipinski definition) is 1. The summed E-state index contributed by atoms with van der Waals surface area (Å²) in [6, 6.07) is 12.4. The van der Waals surface area contributed by atoms with Gasteiger partial charge in [-0.25, -0.2) is 9.48 Å². The Morgan fingerprint density at radius 3 is 2.57 bits per heavy atom. The summed E-state index contributed by atoms with van der Waals surface area (Å²) in [4.78, 5) is 24.6. The molecule has 35 heavy (non-hydrogen) atoms. The summed E-state index contributed by atoms with van der Waals surface area (Å²) in [5.74, 6) is -0.120. The number of nitrogens with zero attached hydrogens (tertiary/aromatic N) is 4. The SMILES string of the molecule is COC(=O)c1ccccc1Cn1cc(NC(=O)c2ccn(COc3cc(C)c(Cl)c(C)c3)n2)cn1. The Balaban J connectivity index is 1.36. The molecule has 2 heterocycles. The maximum atomic E-state index is 12.6. The van der Waals surface area contributed by atoms with Crippen LogP contribution in [0.5, 0.6) is 5.75 Å². The van der Waals surface area contributed by atoms with E-state index in [-0.39, 0.29) is 18.3 Å². The van der Waals surface area contributed by atoms with Crippen LogP contribution in [0.2, 0.25) is 5.02 Å². The molecule has 0 radical (unpaired) electrons. The van der Waals surface area contributed by atoms with Crippen LogP contribution in [0.25, 0.3) is 0 Å². The van der Waals surface area contributed by atoms with Crippen LogP contribution in [-0.4, -0.2) is 38.5 Å². The number of rotatable bonds is 8. The van der Waals surface area contributed by atoms with Gasteiger partial charge in [-0.3, -0.25) is 9.48 Å². The Labute approximate surface area is 207 Å². The minimum absolute atomic E-state index is 0.144. The number of hydrogen-bond acceptors (Lipinski definition) is 6. The Morgan fingerprint density at radius 1 is 1.09 bits per heavy atom. The summed E-state index contributed by atoms with van der Waals surface area (Å²) < 4.78 is 13.8. The van der Waals surface area contributed by atoms with Gasteiger partial charge >= 0.3 is 5.97 Å². The second kappa shape index (κ2) is 10.4. The molecular formula is C25H24ClN5O4. The van der Waals surface area contributed by atoms with Crippen LogP contribution in [0, 0.1) is 13.8 Å². The fraction of sp³-hybridized carbons (Fsp3) is 0.200. The summed E-state index contributed by atoms with van der Waals surface area (Å²) in [7, 11) is 1.34. The van der Waals surface area contributed by atoms with Crippen molar-refractivity contribution in [3.05, 3.63) is 94.0 Å². The van der Waals surface area contributed by atoms with Crippen molar-refractivity contribution in [2.24, 2.45) is 0 Å². The zero-order valence-corrected chi connectivity index (χ0v) is 20.2. The first kappa shape index (κ1) is 24.0. The molecule has 0 atom stereocenters.